The number of nitrogens with one attached hydrogen (secondary N) is 1. The average molecular weight is 233 g/mol. The number of fused-ring (bicyclic) bond motifs is 3. The lowest BCUT2D eigenvalue weighted by atomic mass is 9.89. The van der Waals surface area contributed by atoms with Crippen molar-refractivity contribution < 1.29 is 0 Å². The number of nitrogen functional groups attached to an aromatic ring is 1. The summed E-state index contributed by atoms with van der Waals surface area (Å²) < 4.78 is 2.62. The van der Waals surface area contributed by atoms with E-state index in [4.69, 9.17) is 11.3 Å². The Hall–Kier alpha value is -1.29. The van der Waals surface area contributed by atoms with Gasteiger partial charge in [-0.2, -0.15) is 0 Å². The van der Waals surface area contributed by atoms with Crippen molar-refractivity contribution in [3.05, 3.63) is 28.2 Å². The van der Waals surface area contributed by atoms with Crippen LogP contribution in [0.15, 0.2) is 12.3 Å². The third kappa shape index (κ3) is 1.29. The van der Waals surface area contributed by atoms with Crippen LogP contribution in [-0.2, 0) is 12.8 Å². The van der Waals surface area contributed by atoms with Gasteiger partial charge in [0.1, 0.15) is 0 Å². The molecule has 2 aromatic rings. The monoisotopic (exact) mass is 233 g/mol. The van der Waals surface area contributed by atoms with Gasteiger partial charge in [0.25, 0.3) is 0 Å². The summed E-state index contributed by atoms with van der Waals surface area (Å²) in [6.07, 6.45) is 5.28. The summed E-state index contributed by atoms with van der Waals surface area (Å²) in [6, 6.07) is 2.03. The summed E-state index contributed by atoms with van der Waals surface area (Å²) in [6.45, 7) is 2.30. The number of hydrogen-bond acceptors (Lipinski definition) is 3. The molecule has 0 bridgehead atoms. The molecule has 0 saturated heterocycles. The fraction of sp³-hybridized carbons (Fsp3) is 0.417. The minimum Gasteiger partial charge on any atom is -0.338 e. The number of thiophene rings is 1. The maximum absolute atomic E-state index is 8.04. The topological polar surface area (TPSA) is 54.8 Å². The van der Waals surface area contributed by atoms with Crippen LogP contribution < -0.4 is 11.3 Å². The van der Waals surface area contributed by atoms with E-state index in [-0.39, 0.29) is 0 Å². The zero-order chi connectivity index (χ0) is 11.3. The summed E-state index contributed by atoms with van der Waals surface area (Å²) >= 11 is 1.84. The van der Waals surface area contributed by atoms with Gasteiger partial charge in [-0.25, -0.2) is 0 Å². The lowest BCUT2D eigenvalue weighted by Gasteiger charge is -2.17. The predicted molar refractivity (Wildman–Crippen MR) is 67.0 cm³/mol. The largest absolute Gasteiger partial charge is 0.338 e. The van der Waals surface area contributed by atoms with Gasteiger partial charge in [-0.3, -0.25) is 10.1 Å². The molecule has 0 amide bonds. The third-order valence-electron chi connectivity index (χ3n) is 3.42. The Morgan fingerprint density at radius 2 is 2.38 bits per heavy atom. The van der Waals surface area contributed by atoms with Gasteiger partial charge >= 0.3 is 0 Å². The molecule has 2 heterocycles. The van der Waals surface area contributed by atoms with Crippen molar-refractivity contribution in [2.45, 2.75) is 26.2 Å². The van der Waals surface area contributed by atoms with E-state index in [1.807, 2.05) is 17.4 Å². The average Bonchev–Trinajstić information content (AvgIpc) is 2.61. The number of nitrogens with two attached hydrogens (primary N) is 1. The molecule has 16 heavy (non-hydrogen) atoms. The molecule has 0 spiro atoms. The fourth-order valence-electron chi connectivity index (χ4n) is 2.50. The highest BCUT2D eigenvalue weighted by Gasteiger charge is 2.21. The van der Waals surface area contributed by atoms with E-state index in [0.717, 1.165) is 17.7 Å². The Kier molecular flexibility index (Phi) is 2.07. The molecule has 84 valence electrons. The second kappa shape index (κ2) is 3.35. The molecular formula is C12H15N3S. The lowest BCUT2D eigenvalue weighted by molar-refractivity contribution is 0.509. The van der Waals surface area contributed by atoms with Crippen molar-refractivity contribution in [1.82, 2.24) is 4.68 Å². The second-order valence-corrected chi connectivity index (χ2v) is 5.80. The minimum atomic E-state index is 0.449. The van der Waals surface area contributed by atoms with Crippen molar-refractivity contribution in [3.8, 4) is 0 Å². The van der Waals surface area contributed by atoms with E-state index in [1.54, 1.807) is 6.20 Å². The molecule has 3 rings (SSSR count). The van der Waals surface area contributed by atoms with Crippen LogP contribution in [0, 0.1) is 11.3 Å². The molecule has 1 aliphatic rings. The first-order valence-electron chi connectivity index (χ1n) is 5.62. The Bertz CT molecular complexity index is 608. The molecule has 0 aromatic carbocycles. The predicted octanol–water partition coefficient (Wildman–Crippen LogP) is 2.02. The molecule has 2 aromatic heterocycles. The van der Waals surface area contributed by atoms with Gasteiger partial charge in [0, 0.05) is 21.2 Å². The number of pyridine rings is 1. The molecular weight excluding hydrogens is 218 g/mol. The molecule has 0 radical (unpaired) electrons. The Labute approximate surface area is 98.0 Å². The molecule has 4 heteroatoms. The first-order valence-corrected chi connectivity index (χ1v) is 6.44. The van der Waals surface area contributed by atoms with Crippen LogP contribution >= 0.6 is 11.3 Å². The SMILES string of the molecule is CC1CCc2c(sc3ccn(N)c(=N)c23)C1. The molecule has 1 atom stereocenters. The first kappa shape index (κ1) is 9.90. The smallest absolute Gasteiger partial charge is 0.152 e. The van der Waals surface area contributed by atoms with Crippen molar-refractivity contribution in [1.29, 1.82) is 5.41 Å². The van der Waals surface area contributed by atoms with E-state index in [9.17, 15) is 0 Å². The van der Waals surface area contributed by atoms with E-state index in [2.05, 4.69) is 6.92 Å². The van der Waals surface area contributed by atoms with Crippen LogP contribution in [-0.4, -0.2) is 4.68 Å². The van der Waals surface area contributed by atoms with Gasteiger partial charge in [-0.05, 0) is 36.8 Å². The lowest BCUT2D eigenvalue weighted by Crippen LogP contribution is -2.26. The van der Waals surface area contributed by atoms with Gasteiger partial charge in [-0.15, -0.1) is 11.3 Å². The van der Waals surface area contributed by atoms with E-state index in [0.29, 0.717) is 5.49 Å². The third-order valence-corrected chi connectivity index (χ3v) is 4.64. The van der Waals surface area contributed by atoms with Crippen LogP contribution in [0.2, 0.25) is 0 Å². The van der Waals surface area contributed by atoms with E-state index >= 15 is 0 Å². The zero-order valence-electron chi connectivity index (χ0n) is 9.29. The maximum atomic E-state index is 8.04. The first-order chi connectivity index (χ1) is 7.66. The molecule has 1 aliphatic carbocycles. The number of rotatable bonds is 0. The summed E-state index contributed by atoms with van der Waals surface area (Å²) in [5, 5.41) is 9.12. The highest BCUT2D eigenvalue weighted by atomic mass is 32.1. The Balaban J connectivity index is 2.35. The standard InChI is InChI=1S/C12H15N3S/c1-7-2-3-8-10(6-7)16-9-4-5-15(14)12(13)11(8)9/h4-5,7,13H,2-3,6,14H2,1H3. The second-order valence-electron chi connectivity index (χ2n) is 4.66. The molecule has 0 saturated carbocycles. The summed E-state index contributed by atoms with van der Waals surface area (Å²) in [7, 11) is 0. The number of aromatic nitrogens is 1. The summed E-state index contributed by atoms with van der Waals surface area (Å²) in [5.74, 6) is 6.52. The van der Waals surface area contributed by atoms with Gasteiger partial charge < -0.3 is 5.84 Å². The van der Waals surface area contributed by atoms with Crippen LogP contribution in [0.3, 0.4) is 0 Å². The van der Waals surface area contributed by atoms with E-state index < -0.39 is 0 Å². The van der Waals surface area contributed by atoms with E-state index in [1.165, 1.54) is 32.7 Å². The van der Waals surface area contributed by atoms with Crippen molar-refractivity contribution >= 4 is 21.4 Å². The number of aryl methyl sites for hydroxylation is 1. The van der Waals surface area contributed by atoms with Gasteiger partial charge in [0.2, 0.25) is 0 Å². The number of nitrogens with zero attached hydrogens (tertiary/aromatic N) is 1. The molecule has 3 nitrogen and oxygen atoms in total. The Morgan fingerprint density at radius 3 is 3.19 bits per heavy atom. The minimum absolute atomic E-state index is 0.449. The van der Waals surface area contributed by atoms with Gasteiger partial charge in [0.05, 0.1) is 0 Å². The normalized spacial score (nSPS) is 19.9. The van der Waals surface area contributed by atoms with Crippen LogP contribution in [0.25, 0.3) is 10.1 Å². The highest BCUT2D eigenvalue weighted by Crippen LogP contribution is 2.36. The maximum Gasteiger partial charge on any atom is 0.152 e. The van der Waals surface area contributed by atoms with Crippen molar-refractivity contribution in [2.24, 2.45) is 5.92 Å². The summed E-state index contributed by atoms with van der Waals surface area (Å²) in [5.41, 5.74) is 1.83. The Morgan fingerprint density at radius 1 is 1.56 bits per heavy atom. The quantitative estimate of drug-likeness (QED) is 0.672. The van der Waals surface area contributed by atoms with Crippen LogP contribution in [0.1, 0.15) is 23.8 Å². The molecule has 0 aliphatic heterocycles. The summed E-state index contributed by atoms with van der Waals surface area (Å²) in [4.78, 5) is 1.47. The molecule has 0 fully saturated rings. The van der Waals surface area contributed by atoms with Crippen LogP contribution in [0.5, 0.6) is 0 Å². The molecule has 3 N–H and O–H groups in total. The molecule has 1 unspecified atom stereocenters. The fourth-order valence-corrected chi connectivity index (χ4v) is 3.91. The van der Waals surface area contributed by atoms with Crippen molar-refractivity contribution in [2.75, 3.05) is 5.84 Å². The van der Waals surface area contributed by atoms with Crippen LogP contribution in [0.4, 0.5) is 0 Å². The zero-order valence-corrected chi connectivity index (χ0v) is 10.1. The van der Waals surface area contributed by atoms with Gasteiger partial charge in [-0.1, -0.05) is 6.92 Å². The van der Waals surface area contributed by atoms with Gasteiger partial charge in [0.15, 0.2) is 5.49 Å². The number of hydrogen-bond donors (Lipinski definition) is 2. The highest BCUT2D eigenvalue weighted by molar-refractivity contribution is 7.19. The van der Waals surface area contributed by atoms with Crippen molar-refractivity contribution in [3.63, 3.8) is 0 Å².